The number of fused-ring (bicyclic) bond motifs is 1. The van der Waals surface area contributed by atoms with Gasteiger partial charge in [0, 0.05) is 32.0 Å². The van der Waals surface area contributed by atoms with E-state index in [9.17, 15) is 0 Å². The van der Waals surface area contributed by atoms with Gasteiger partial charge < -0.3 is 20.6 Å². The molecule has 0 amide bonds. The first kappa shape index (κ1) is 15.0. The van der Waals surface area contributed by atoms with E-state index >= 15 is 0 Å². The van der Waals surface area contributed by atoms with Gasteiger partial charge >= 0.3 is 0 Å². The van der Waals surface area contributed by atoms with Crippen molar-refractivity contribution in [2.24, 2.45) is 10.9 Å². The Morgan fingerprint density at radius 3 is 2.90 bits per heavy atom. The predicted octanol–water partition coefficient (Wildman–Crippen LogP) is 1.22. The highest BCUT2D eigenvalue weighted by Gasteiger charge is 2.12. The number of ether oxygens (including phenoxy) is 1. The Bertz CT molecular complexity index is 612. The number of nitrogens with two attached hydrogens (primary N) is 1. The van der Waals surface area contributed by atoms with Crippen molar-refractivity contribution in [3.8, 4) is 0 Å². The SMILES string of the molecule is COCCN(CCC(N)=NO)c1ncnc2ccccc12. The molecule has 112 valence electrons. The van der Waals surface area contributed by atoms with Gasteiger partial charge in [-0.15, -0.1) is 0 Å². The molecule has 0 radical (unpaired) electrons. The summed E-state index contributed by atoms with van der Waals surface area (Å²) in [6, 6.07) is 7.81. The fourth-order valence-electron chi connectivity index (χ4n) is 2.07. The first-order valence-corrected chi connectivity index (χ1v) is 6.66. The Morgan fingerprint density at radius 1 is 1.33 bits per heavy atom. The molecule has 7 heteroatoms. The summed E-state index contributed by atoms with van der Waals surface area (Å²) in [6.45, 7) is 1.81. The average molecular weight is 289 g/mol. The summed E-state index contributed by atoms with van der Waals surface area (Å²) in [5.74, 6) is 1.01. The van der Waals surface area contributed by atoms with Crippen LogP contribution in [-0.4, -0.2) is 47.8 Å². The Morgan fingerprint density at radius 2 is 2.14 bits per heavy atom. The summed E-state index contributed by atoms with van der Waals surface area (Å²) in [7, 11) is 1.65. The van der Waals surface area contributed by atoms with Crippen molar-refractivity contribution in [2.45, 2.75) is 6.42 Å². The predicted molar refractivity (Wildman–Crippen MR) is 81.7 cm³/mol. The molecule has 1 heterocycles. The van der Waals surface area contributed by atoms with Crippen molar-refractivity contribution in [3.63, 3.8) is 0 Å². The maximum absolute atomic E-state index is 8.66. The smallest absolute Gasteiger partial charge is 0.140 e. The van der Waals surface area contributed by atoms with Gasteiger partial charge in [-0.25, -0.2) is 9.97 Å². The lowest BCUT2D eigenvalue weighted by atomic mass is 10.2. The van der Waals surface area contributed by atoms with Crippen LogP contribution in [0.5, 0.6) is 0 Å². The molecule has 0 aliphatic carbocycles. The second kappa shape index (κ2) is 7.39. The zero-order valence-electron chi connectivity index (χ0n) is 11.9. The van der Waals surface area contributed by atoms with Crippen LogP contribution >= 0.6 is 0 Å². The van der Waals surface area contributed by atoms with Crippen molar-refractivity contribution in [3.05, 3.63) is 30.6 Å². The van der Waals surface area contributed by atoms with Gasteiger partial charge in [-0.1, -0.05) is 17.3 Å². The van der Waals surface area contributed by atoms with E-state index in [-0.39, 0.29) is 5.84 Å². The molecule has 0 aliphatic rings. The Hall–Kier alpha value is -2.41. The molecule has 2 rings (SSSR count). The fraction of sp³-hybridized carbons (Fsp3) is 0.357. The maximum Gasteiger partial charge on any atom is 0.140 e. The Labute approximate surface area is 123 Å². The third-order valence-corrected chi connectivity index (χ3v) is 3.15. The fourth-order valence-corrected chi connectivity index (χ4v) is 2.07. The second-order valence-electron chi connectivity index (χ2n) is 4.54. The van der Waals surface area contributed by atoms with Gasteiger partial charge in [-0.3, -0.25) is 0 Å². The van der Waals surface area contributed by atoms with E-state index in [1.54, 1.807) is 13.4 Å². The minimum Gasteiger partial charge on any atom is -0.409 e. The normalized spacial score (nSPS) is 11.8. The van der Waals surface area contributed by atoms with Crippen LogP contribution in [0.4, 0.5) is 5.82 Å². The molecular formula is C14H19N5O2. The number of benzene rings is 1. The van der Waals surface area contributed by atoms with Crippen molar-refractivity contribution < 1.29 is 9.94 Å². The number of para-hydroxylation sites is 1. The van der Waals surface area contributed by atoms with Gasteiger partial charge in [0.05, 0.1) is 12.1 Å². The van der Waals surface area contributed by atoms with Crippen LogP contribution < -0.4 is 10.6 Å². The quantitative estimate of drug-likeness (QED) is 0.344. The largest absolute Gasteiger partial charge is 0.409 e. The first-order chi connectivity index (χ1) is 10.3. The molecule has 0 saturated carbocycles. The number of aromatic nitrogens is 2. The van der Waals surface area contributed by atoms with Gasteiger partial charge in [0.25, 0.3) is 0 Å². The lowest BCUT2D eigenvalue weighted by molar-refractivity contribution is 0.205. The van der Waals surface area contributed by atoms with Crippen molar-refractivity contribution in [2.75, 3.05) is 31.7 Å². The highest BCUT2D eigenvalue weighted by molar-refractivity contribution is 5.89. The van der Waals surface area contributed by atoms with Crippen LogP contribution in [0.2, 0.25) is 0 Å². The zero-order chi connectivity index (χ0) is 15.1. The lowest BCUT2D eigenvalue weighted by Crippen LogP contribution is -2.32. The lowest BCUT2D eigenvalue weighted by Gasteiger charge is -2.24. The third kappa shape index (κ3) is 3.79. The van der Waals surface area contributed by atoms with E-state index in [2.05, 4.69) is 15.1 Å². The minimum atomic E-state index is 0.191. The summed E-state index contributed by atoms with van der Waals surface area (Å²) >= 11 is 0. The molecule has 1 aromatic carbocycles. The third-order valence-electron chi connectivity index (χ3n) is 3.15. The highest BCUT2D eigenvalue weighted by atomic mass is 16.5. The molecule has 0 spiro atoms. The number of hydrogen-bond donors (Lipinski definition) is 2. The molecule has 2 aromatic rings. The van der Waals surface area contributed by atoms with E-state index in [0.717, 1.165) is 16.7 Å². The number of anilines is 1. The number of methoxy groups -OCH3 is 1. The number of nitrogens with zero attached hydrogens (tertiary/aromatic N) is 4. The molecule has 3 N–H and O–H groups in total. The van der Waals surface area contributed by atoms with Crippen LogP contribution in [0.25, 0.3) is 10.9 Å². The van der Waals surface area contributed by atoms with Gasteiger partial charge in [0.15, 0.2) is 0 Å². The van der Waals surface area contributed by atoms with E-state index in [1.165, 1.54) is 0 Å². The monoisotopic (exact) mass is 289 g/mol. The van der Waals surface area contributed by atoms with Crippen molar-refractivity contribution in [1.29, 1.82) is 0 Å². The summed E-state index contributed by atoms with van der Waals surface area (Å²) < 4.78 is 5.14. The van der Waals surface area contributed by atoms with Crippen LogP contribution in [0, 0.1) is 0 Å². The van der Waals surface area contributed by atoms with Crippen LogP contribution in [-0.2, 0) is 4.74 Å². The minimum absolute atomic E-state index is 0.191. The number of oxime groups is 1. The summed E-state index contributed by atoms with van der Waals surface area (Å²) in [5, 5.41) is 12.6. The molecule has 0 unspecified atom stereocenters. The van der Waals surface area contributed by atoms with Gasteiger partial charge in [-0.2, -0.15) is 0 Å². The molecule has 0 fully saturated rings. The van der Waals surface area contributed by atoms with E-state index in [1.807, 2.05) is 29.2 Å². The standard InChI is InChI=1S/C14H19N5O2/c1-21-9-8-19(7-6-13(15)18-20)14-11-4-2-3-5-12(11)16-10-17-14/h2-5,10,20H,6-9H2,1H3,(H2,15,18). The van der Waals surface area contributed by atoms with Crippen molar-refractivity contribution in [1.82, 2.24) is 9.97 Å². The zero-order valence-corrected chi connectivity index (χ0v) is 11.9. The number of amidine groups is 1. The summed E-state index contributed by atoms with van der Waals surface area (Å²) in [4.78, 5) is 10.7. The van der Waals surface area contributed by atoms with E-state index < -0.39 is 0 Å². The Balaban J connectivity index is 2.29. The van der Waals surface area contributed by atoms with E-state index in [4.69, 9.17) is 15.7 Å². The molecule has 0 aliphatic heterocycles. The van der Waals surface area contributed by atoms with Crippen LogP contribution in [0.3, 0.4) is 0 Å². The van der Waals surface area contributed by atoms with Crippen LogP contribution in [0.15, 0.2) is 35.7 Å². The number of hydrogen-bond acceptors (Lipinski definition) is 6. The van der Waals surface area contributed by atoms with Crippen molar-refractivity contribution >= 4 is 22.6 Å². The molecule has 21 heavy (non-hydrogen) atoms. The molecule has 0 bridgehead atoms. The summed E-state index contributed by atoms with van der Waals surface area (Å²) in [6.07, 6.45) is 1.99. The Kier molecular flexibility index (Phi) is 5.28. The first-order valence-electron chi connectivity index (χ1n) is 6.66. The second-order valence-corrected chi connectivity index (χ2v) is 4.54. The van der Waals surface area contributed by atoms with Crippen LogP contribution in [0.1, 0.15) is 6.42 Å². The van der Waals surface area contributed by atoms with Gasteiger partial charge in [0.1, 0.15) is 18.0 Å². The molecule has 0 saturated heterocycles. The number of rotatable bonds is 7. The molecule has 1 aromatic heterocycles. The maximum atomic E-state index is 8.66. The molecule has 7 nitrogen and oxygen atoms in total. The van der Waals surface area contributed by atoms with Gasteiger partial charge in [-0.05, 0) is 12.1 Å². The molecular weight excluding hydrogens is 270 g/mol. The highest BCUT2D eigenvalue weighted by Crippen LogP contribution is 2.22. The summed E-state index contributed by atoms with van der Waals surface area (Å²) in [5.41, 5.74) is 6.43. The van der Waals surface area contributed by atoms with Gasteiger partial charge in [0.2, 0.25) is 0 Å². The topological polar surface area (TPSA) is 96.9 Å². The molecule has 0 atom stereocenters. The average Bonchev–Trinajstić information content (AvgIpc) is 2.54. The van der Waals surface area contributed by atoms with E-state index in [0.29, 0.717) is 26.1 Å².